The molecule has 0 radical (unpaired) electrons. The van der Waals surface area contributed by atoms with E-state index in [1.54, 1.807) is 24.1 Å². The number of hydrogen-bond donors (Lipinski definition) is 1. The van der Waals surface area contributed by atoms with Crippen LogP contribution in [0.4, 0.5) is 4.79 Å². The molecule has 19 heavy (non-hydrogen) atoms. The summed E-state index contributed by atoms with van der Waals surface area (Å²) >= 11 is 5.79. The molecule has 0 unspecified atom stereocenters. The molecule has 0 atom stereocenters. The Hall–Kier alpha value is -1.42. The summed E-state index contributed by atoms with van der Waals surface area (Å²) in [6.45, 7) is 1.81. The summed E-state index contributed by atoms with van der Waals surface area (Å²) in [5.74, 6) is 1.46. The Morgan fingerprint density at radius 1 is 1.42 bits per heavy atom. The van der Waals surface area contributed by atoms with E-state index in [1.807, 2.05) is 12.1 Å². The Bertz CT molecular complexity index is 418. The second-order valence-electron chi connectivity index (χ2n) is 4.85. The van der Waals surface area contributed by atoms with Gasteiger partial charge >= 0.3 is 6.03 Å². The predicted molar refractivity (Wildman–Crippen MR) is 75.7 cm³/mol. The Balaban J connectivity index is 1.63. The van der Waals surface area contributed by atoms with Crippen molar-refractivity contribution in [1.82, 2.24) is 10.2 Å². The molecule has 5 heteroatoms. The normalized spacial score (nSPS) is 14.0. The Morgan fingerprint density at radius 2 is 2.11 bits per heavy atom. The average Bonchev–Trinajstić information content (AvgIpc) is 3.22. The number of nitrogens with zero attached hydrogens (tertiary/aromatic N) is 1. The summed E-state index contributed by atoms with van der Waals surface area (Å²) in [5.41, 5.74) is 0. The molecule has 0 heterocycles. The first-order valence-corrected chi connectivity index (χ1v) is 6.90. The number of benzene rings is 1. The van der Waals surface area contributed by atoms with Crippen molar-refractivity contribution < 1.29 is 9.53 Å². The van der Waals surface area contributed by atoms with E-state index in [4.69, 9.17) is 16.3 Å². The molecule has 0 saturated heterocycles. The van der Waals surface area contributed by atoms with Crippen LogP contribution in [-0.2, 0) is 0 Å². The molecule has 1 aromatic rings. The fraction of sp³-hybridized carbons (Fsp3) is 0.500. The van der Waals surface area contributed by atoms with Gasteiger partial charge in [0.15, 0.2) is 0 Å². The van der Waals surface area contributed by atoms with Gasteiger partial charge in [-0.2, -0.15) is 0 Å². The van der Waals surface area contributed by atoms with Gasteiger partial charge < -0.3 is 15.0 Å². The van der Waals surface area contributed by atoms with Crippen LogP contribution < -0.4 is 10.1 Å². The Labute approximate surface area is 118 Å². The highest BCUT2D eigenvalue weighted by Crippen LogP contribution is 2.27. The second-order valence-corrected chi connectivity index (χ2v) is 5.29. The molecule has 1 aromatic carbocycles. The van der Waals surface area contributed by atoms with Gasteiger partial charge in [-0.3, -0.25) is 0 Å². The molecule has 2 rings (SSSR count). The molecule has 104 valence electrons. The quantitative estimate of drug-likeness (QED) is 0.872. The summed E-state index contributed by atoms with van der Waals surface area (Å²) in [7, 11) is 1.77. The largest absolute Gasteiger partial charge is 0.492 e. The third kappa shape index (κ3) is 4.99. The summed E-state index contributed by atoms with van der Waals surface area (Å²) in [6, 6.07) is 7.16. The lowest BCUT2D eigenvalue weighted by atomic mass is 10.3. The van der Waals surface area contributed by atoms with Gasteiger partial charge in [-0.05, 0) is 43.0 Å². The van der Waals surface area contributed by atoms with Crippen LogP contribution in [0.2, 0.25) is 5.02 Å². The smallest absolute Gasteiger partial charge is 0.317 e. The highest BCUT2D eigenvalue weighted by molar-refractivity contribution is 6.30. The highest BCUT2D eigenvalue weighted by Gasteiger charge is 2.22. The zero-order valence-electron chi connectivity index (χ0n) is 11.1. The molecule has 0 aromatic heterocycles. The van der Waals surface area contributed by atoms with Crippen LogP contribution in [-0.4, -0.2) is 37.7 Å². The molecule has 0 bridgehead atoms. The van der Waals surface area contributed by atoms with Crippen molar-refractivity contribution in [2.24, 2.45) is 5.92 Å². The maximum absolute atomic E-state index is 11.7. The molecule has 1 fully saturated rings. The fourth-order valence-corrected chi connectivity index (χ4v) is 1.75. The van der Waals surface area contributed by atoms with Crippen molar-refractivity contribution in [3.05, 3.63) is 29.3 Å². The van der Waals surface area contributed by atoms with E-state index in [0.717, 1.165) is 12.3 Å². The molecule has 1 saturated carbocycles. The van der Waals surface area contributed by atoms with Gasteiger partial charge in [-0.1, -0.05) is 11.6 Å². The summed E-state index contributed by atoms with van der Waals surface area (Å²) in [4.78, 5) is 13.3. The maximum atomic E-state index is 11.7. The van der Waals surface area contributed by atoms with E-state index >= 15 is 0 Å². The third-order valence-corrected chi connectivity index (χ3v) is 3.35. The molecule has 4 nitrogen and oxygen atoms in total. The zero-order chi connectivity index (χ0) is 13.7. The third-order valence-electron chi connectivity index (χ3n) is 3.09. The minimum Gasteiger partial charge on any atom is -0.492 e. The van der Waals surface area contributed by atoms with E-state index in [2.05, 4.69) is 5.32 Å². The lowest BCUT2D eigenvalue weighted by Crippen LogP contribution is -2.40. The number of carbonyl (C=O) groups excluding carboxylic acids is 1. The molecule has 0 spiro atoms. The molecule has 1 aliphatic rings. The molecular weight excluding hydrogens is 264 g/mol. The zero-order valence-corrected chi connectivity index (χ0v) is 11.8. The number of rotatable bonds is 6. The molecular formula is C14H19ClN2O2. The van der Waals surface area contributed by atoms with E-state index in [9.17, 15) is 4.79 Å². The first-order chi connectivity index (χ1) is 9.15. The van der Waals surface area contributed by atoms with Crippen LogP contribution >= 0.6 is 11.6 Å². The van der Waals surface area contributed by atoms with E-state index < -0.39 is 0 Å². The Kier molecular flexibility index (Phi) is 4.91. The monoisotopic (exact) mass is 282 g/mol. The molecule has 1 N–H and O–H groups in total. The summed E-state index contributed by atoms with van der Waals surface area (Å²) < 4.78 is 5.54. The standard InChI is InChI=1S/C14H19ClN2O2/c1-17(14(18)16-10-11-2-3-11)8-9-19-13-6-4-12(15)5-7-13/h4-7,11H,2-3,8-10H2,1H3,(H,16,18). The van der Waals surface area contributed by atoms with Crippen molar-refractivity contribution in [3.8, 4) is 5.75 Å². The predicted octanol–water partition coefficient (Wildman–Crippen LogP) is 2.77. The van der Waals surface area contributed by atoms with Gasteiger partial charge in [-0.25, -0.2) is 4.79 Å². The van der Waals surface area contributed by atoms with Gasteiger partial charge in [0, 0.05) is 18.6 Å². The molecule has 0 aliphatic heterocycles. The average molecular weight is 283 g/mol. The topological polar surface area (TPSA) is 41.6 Å². The number of hydrogen-bond acceptors (Lipinski definition) is 2. The Morgan fingerprint density at radius 3 is 2.74 bits per heavy atom. The van der Waals surface area contributed by atoms with Gasteiger partial charge in [0.05, 0.1) is 6.54 Å². The van der Waals surface area contributed by atoms with Crippen LogP contribution in [0.1, 0.15) is 12.8 Å². The maximum Gasteiger partial charge on any atom is 0.317 e. The van der Waals surface area contributed by atoms with E-state index in [1.165, 1.54) is 12.8 Å². The molecule has 2 amide bonds. The van der Waals surface area contributed by atoms with Gasteiger partial charge in [0.2, 0.25) is 0 Å². The van der Waals surface area contributed by atoms with Crippen molar-refractivity contribution in [3.63, 3.8) is 0 Å². The first-order valence-electron chi connectivity index (χ1n) is 6.52. The highest BCUT2D eigenvalue weighted by atomic mass is 35.5. The van der Waals surface area contributed by atoms with Crippen LogP contribution in [0.25, 0.3) is 0 Å². The minimum atomic E-state index is -0.0355. The van der Waals surface area contributed by atoms with Crippen molar-refractivity contribution >= 4 is 17.6 Å². The van der Waals surface area contributed by atoms with Crippen LogP contribution in [0.15, 0.2) is 24.3 Å². The lowest BCUT2D eigenvalue weighted by molar-refractivity contribution is 0.195. The fourth-order valence-electron chi connectivity index (χ4n) is 1.62. The van der Waals surface area contributed by atoms with Crippen molar-refractivity contribution in [2.75, 3.05) is 26.7 Å². The van der Waals surface area contributed by atoms with E-state index in [0.29, 0.717) is 24.1 Å². The number of ether oxygens (including phenoxy) is 1. The SMILES string of the molecule is CN(CCOc1ccc(Cl)cc1)C(=O)NCC1CC1. The number of nitrogens with one attached hydrogen (secondary N) is 1. The number of amides is 2. The minimum absolute atomic E-state index is 0.0355. The van der Waals surface area contributed by atoms with E-state index in [-0.39, 0.29) is 6.03 Å². The lowest BCUT2D eigenvalue weighted by Gasteiger charge is -2.18. The second kappa shape index (κ2) is 6.66. The summed E-state index contributed by atoms with van der Waals surface area (Å²) in [6.07, 6.45) is 2.48. The van der Waals surface area contributed by atoms with Gasteiger partial charge in [0.25, 0.3) is 0 Å². The molecule has 1 aliphatic carbocycles. The summed E-state index contributed by atoms with van der Waals surface area (Å²) in [5, 5.41) is 3.60. The number of likely N-dealkylation sites (N-methyl/N-ethyl adjacent to an activating group) is 1. The number of urea groups is 1. The number of halogens is 1. The van der Waals surface area contributed by atoms with Crippen LogP contribution in [0.5, 0.6) is 5.75 Å². The van der Waals surface area contributed by atoms with Gasteiger partial charge in [0.1, 0.15) is 12.4 Å². The van der Waals surface area contributed by atoms with Crippen molar-refractivity contribution in [1.29, 1.82) is 0 Å². The van der Waals surface area contributed by atoms with Crippen LogP contribution in [0.3, 0.4) is 0 Å². The first kappa shape index (κ1) is 14.0. The number of carbonyl (C=O) groups is 1. The van der Waals surface area contributed by atoms with Gasteiger partial charge in [-0.15, -0.1) is 0 Å². The van der Waals surface area contributed by atoms with Crippen LogP contribution in [0, 0.1) is 5.92 Å². The van der Waals surface area contributed by atoms with Crippen molar-refractivity contribution in [2.45, 2.75) is 12.8 Å².